The lowest BCUT2D eigenvalue weighted by Gasteiger charge is -2.35. The Bertz CT molecular complexity index is 1350. The van der Waals surface area contributed by atoms with Gasteiger partial charge in [0, 0.05) is 37.1 Å². The van der Waals surface area contributed by atoms with Crippen LogP contribution in [0.25, 0.3) is 0 Å². The molecule has 1 N–H and O–H groups in total. The molecule has 0 saturated carbocycles. The first-order valence-corrected chi connectivity index (χ1v) is 13.7. The van der Waals surface area contributed by atoms with Crippen LogP contribution in [0.5, 0.6) is 11.5 Å². The first kappa shape index (κ1) is 26.5. The maximum atomic E-state index is 13.9. The third-order valence-corrected chi connectivity index (χ3v) is 8.58. The number of carbonyl (C=O) groups is 1. The minimum Gasteiger partial charge on any atom is -0.493 e. The summed E-state index contributed by atoms with van der Waals surface area (Å²) < 4.78 is 39.6. The Morgan fingerprint density at radius 2 is 1.59 bits per heavy atom. The molecule has 0 fully saturated rings. The van der Waals surface area contributed by atoms with Gasteiger partial charge in [-0.1, -0.05) is 24.3 Å². The van der Waals surface area contributed by atoms with Crippen LogP contribution in [0.15, 0.2) is 71.6 Å². The summed E-state index contributed by atoms with van der Waals surface area (Å²) in [5, 5.41) is 2.93. The molecule has 0 bridgehead atoms. The Morgan fingerprint density at radius 1 is 0.946 bits per heavy atom. The summed E-state index contributed by atoms with van der Waals surface area (Å²) in [7, 11) is -1.10. The summed E-state index contributed by atoms with van der Waals surface area (Å²) in [6.07, 6.45) is 0.270. The second kappa shape index (κ2) is 11.2. The molecule has 0 radical (unpaired) electrons. The summed E-state index contributed by atoms with van der Waals surface area (Å²) in [6.45, 7) is 6.03. The number of anilines is 2. The fraction of sp³-hybridized carbons (Fsp3) is 0.321. The zero-order chi connectivity index (χ0) is 26.6. The number of nitrogens with one attached hydrogen (secondary N) is 1. The van der Waals surface area contributed by atoms with Crippen molar-refractivity contribution in [2.45, 2.75) is 37.8 Å². The molecule has 1 aliphatic rings. The molecule has 0 spiro atoms. The highest BCUT2D eigenvalue weighted by atomic mass is 32.2. The van der Waals surface area contributed by atoms with Gasteiger partial charge in [0.05, 0.1) is 19.1 Å². The Labute approximate surface area is 218 Å². The van der Waals surface area contributed by atoms with E-state index in [1.807, 2.05) is 48.5 Å². The van der Waals surface area contributed by atoms with Gasteiger partial charge in [0.15, 0.2) is 11.5 Å². The van der Waals surface area contributed by atoms with Gasteiger partial charge in [-0.3, -0.25) is 4.79 Å². The Balaban J connectivity index is 1.66. The standard InChI is InChI=1S/C28H33N3O5S/c1-5-30(6-2)23-13-11-22(12-14-23)29-28(32)25-17-20-9-7-8-10-21(20)19-31(25)37(33,34)24-15-16-26(35-3)27(18-24)36-4/h7-16,18,25H,5-6,17,19H2,1-4H3,(H,29,32). The number of rotatable bonds is 9. The van der Waals surface area contributed by atoms with E-state index in [-0.39, 0.29) is 23.8 Å². The molecule has 0 saturated heterocycles. The minimum absolute atomic E-state index is 0.0332. The van der Waals surface area contributed by atoms with E-state index in [0.717, 1.165) is 29.9 Å². The smallest absolute Gasteiger partial charge is 0.244 e. The van der Waals surface area contributed by atoms with Gasteiger partial charge in [0.2, 0.25) is 15.9 Å². The van der Waals surface area contributed by atoms with E-state index in [1.54, 1.807) is 6.07 Å². The normalized spacial score (nSPS) is 15.5. The lowest BCUT2D eigenvalue weighted by Crippen LogP contribution is -2.50. The van der Waals surface area contributed by atoms with E-state index >= 15 is 0 Å². The number of benzene rings is 3. The first-order chi connectivity index (χ1) is 17.8. The van der Waals surface area contributed by atoms with Gasteiger partial charge in [-0.2, -0.15) is 4.31 Å². The maximum Gasteiger partial charge on any atom is 0.244 e. The highest BCUT2D eigenvalue weighted by Gasteiger charge is 2.40. The molecule has 0 aromatic heterocycles. The average molecular weight is 524 g/mol. The van der Waals surface area contributed by atoms with Gasteiger partial charge in [-0.15, -0.1) is 0 Å². The quantitative estimate of drug-likeness (QED) is 0.450. The Hall–Kier alpha value is -3.56. The third-order valence-electron chi connectivity index (χ3n) is 6.73. The van der Waals surface area contributed by atoms with Gasteiger partial charge in [0.25, 0.3) is 0 Å². The topological polar surface area (TPSA) is 88.2 Å². The van der Waals surface area contributed by atoms with Gasteiger partial charge >= 0.3 is 0 Å². The lowest BCUT2D eigenvalue weighted by atomic mass is 9.95. The highest BCUT2D eigenvalue weighted by Crippen LogP contribution is 2.34. The second-order valence-electron chi connectivity index (χ2n) is 8.76. The zero-order valence-corrected chi connectivity index (χ0v) is 22.4. The van der Waals surface area contributed by atoms with E-state index in [9.17, 15) is 13.2 Å². The van der Waals surface area contributed by atoms with Crippen molar-refractivity contribution in [2.24, 2.45) is 0 Å². The van der Waals surface area contributed by atoms with Crippen molar-refractivity contribution in [3.63, 3.8) is 0 Å². The summed E-state index contributed by atoms with van der Waals surface area (Å²) in [5.41, 5.74) is 3.51. The number of hydrogen-bond acceptors (Lipinski definition) is 6. The lowest BCUT2D eigenvalue weighted by molar-refractivity contribution is -0.120. The van der Waals surface area contributed by atoms with Gasteiger partial charge < -0.3 is 19.7 Å². The van der Waals surface area contributed by atoms with Crippen LogP contribution in [0.3, 0.4) is 0 Å². The number of nitrogens with zero attached hydrogens (tertiary/aromatic N) is 2. The predicted octanol–water partition coefficient (Wildman–Crippen LogP) is 4.30. The fourth-order valence-corrected chi connectivity index (χ4v) is 6.24. The molecule has 37 heavy (non-hydrogen) atoms. The molecule has 1 aliphatic heterocycles. The number of methoxy groups -OCH3 is 2. The van der Waals surface area contributed by atoms with Crippen LogP contribution in [0.1, 0.15) is 25.0 Å². The zero-order valence-electron chi connectivity index (χ0n) is 21.6. The number of ether oxygens (including phenoxy) is 2. The molecule has 9 heteroatoms. The molecule has 0 aliphatic carbocycles. The number of carbonyl (C=O) groups excluding carboxylic acids is 1. The monoisotopic (exact) mass is 523 g/mol. The predicted molar refractivity (Wildman–Crippen MR) is 145 cm³/mol. The molecule has 1 heterocycles. The molecule has 3 aromatic carbocycles. The third kappa shape index (κ3) is 5.42. The number of amides is 1. The van der Waals surface area contributed by atoms with Crippen LogP contribution in [0.4, 0.5) is 11.4 Å². The van der Waals surface area contributed by atoms with E-state index in [2.05, 4.69) is 24.1 Å². The van der Waals surface area contributed by atoms with Crippen molar-refractivity contribution in [2.75, 3.05) is 37.5 Å². The molecule has 3 aromatic rings. The van der Waals surface area contributed by atoms with Gasteiger partial charge in [-0.25, -0.2) is 8.42 Å². The first-order valence-electron chi connectivity index (χ1n) is 12.3. The van der Waals surface area contributed by atoms with Crippen molar-refractivity contribution < 1.29 is 22.7 Å². The molecule has 196 valence electrons. The van der Waals surface area contributed by atoms with Crippen LogP contribution in [0, 0.1) is 0 Å². The number of sulfonamides is 1. The van der Waals surface area contributed by atoms with E-state index in [1.165, 1.54) is 30.7 Å². The Kier molecular flexibility index (Phi) is 8.04. The number of fused-ring (bicyclic) bond motifs is 1. The largest absolute Gasteiger partial charge is 0.493 e. The highest BCUT2D eigenvalue weighted by molar-refractivity contribution is 7.89. The molecular weight excluding hydrogens is 490 g/mol. The van der Waals surface area contributed by atoms with Gasteiger partial charge in [0.1, 0.15) is 6.04 Å². The van der Waals surface area contributed by atoms with Crippen molar-refractivity contribution in [3.8, 4) is 11.5 Å². The van der Waals surface area contributed by atoms with Crippen LogP contribution in [-0.4, -0.2) is 52.0 Å². The van der Waals surface area contributed by atoms with E-state index in [0.29, 0.717) is 17.2 Å². The summed E-state index contributed by atoms with van der Waals surface area (Å²) in [6, 6.07) is 18.7. The summed E-state index contributed by atoms with van der Waals surface area (Å²) >= 11 is 0. The summed E-state index contributed by atoms with van der Waals surface area (Å²) in [5.74, 6) is 0.345. The molecule has 1 atom stereocenters. The molecule has 1 amide bonds. The summed E-state index contributed by atoms with van der Waals surface area (Å²) in [4.78, 5) is 15.8. The second-order valence-corrected chi connectivity index (χ2v) is 10.7. The van der Waals surface area contributed by atoms with Crippen LogP contribution in [0.2, 0.25) is 0 Å². The van der Waals surface area contributed by atoms with E-state index < -0.39 is 16.1 Å². The van der Waals surface area contributed by atoms with Crippen molar-refractivity contribution in [1.29, 1.82) is 0 Å². The fourth-order valence-electron chi connectivity index (χ4n) is 4.66. The van der Waals surface area contributed by atoms with Gasteiger partial charge in [-0.05, 0) is 67.8 Å². The molecular formula is C28H33N3O5S. The molecule has 1 unspecified atom stereocenters. The molecule has 8 nitrogen and oxygen atoms in total. The van der Waals surface area contributed by atoms with Crippen molar-refractivity contribution in [3.05, 3.63) is 77.9 Å². The molecule has 4 rings (SSSR count). The minimum atomic E-state index is -4.04. The van der Waals surface area contributed by atoms with E-state index in [4.69, 9.17) is 9.47 Å². The SMILES string of the molecule is CCN(CC)c1ccc(NC(=O)C2Cc3ccccc3CN2S(=O)(=O)c2ccc(OC)c(OC)c2)cc1. The van der Waals surface area contributed by atoms with Crippen LogP contribution >= 0.6 is 0 Å². The van der Waals surface area contributed by atoms with Crippen molar-refractivity contribution in [1.82, 2.24) is 4.31 Å². The number of hydrogen-bond donors (Lipinski definition) is 1. The average Bonchev–Trinajstić information content (AvgIpc) is 2.93. The van der Waals surface area contributed by atoms with Crippen molar-refractivity contribution >= 4 is 27.3 Å². The maximum absolute atomic E-state index is 13.9. The van der Waals surface area contributed by atoms with Crippen LogP contribution in [-0.2, 0) is 27.8 Å². The van der Waals surface area contributed by atoms with Crippen LogP contribution < -0.4 is 19.7 Å². The Morgan fingerprint density at radius 3 is 2.22 bits per heavy atom.